The molecule has 0 bridgehead atoms. The second kappa shape index (κ2) is 7.02. The summed E-state index contributed by atoms with van der Waals surface area (Å²) in [7, 11) is 0. The highest BCUT2D eigenvalue weighted by atomic mass is 16.3. The second-order valence-electron chi connectivity index (χ2n) is 5.50. The Kier molecular flexibility index (Phi) is 4.62. The van der Waals surface area contributed by atoms with Crippen molar-refractivity contribution in [3.63, 3.8) is 0 Å². The third kappa shape index (κ3) is 3.75. The van der Waals surface area contributed by atoms with Gasteiger partial charge < -0.3 is 10.8 Å². The first-order chi connectivity index (χ1) is 12.0. The molecule has 128 valence electrons. The Morgan fingerprint density at radius 1 is 1.16 bits per heavy atom. The molecule has 0 unspecified atom stereocenters. The largest absolute Gasteiger partial charge is 0.388 e. The number of aliphatic hydroxyl groups excluding tert-OH is 1. The number of H-pyrrole nitrogens is 1. The lowest BCUT2D eigenvalue weighted by Crippen LogP contribution is -2.42. The smallest absolute Gasteiger partial charge is 0.269 e. The Balaban J connectivity index is 1.57. The van der Waals surface area contributed by atoms with Crippen LogP contribution < -0.4 is 16.6 Å². The van der Waals surface area contributed by atoms with Gasteiger partial charge in [-0.2, -0.15) is 5.10 Å². The molecule has 0 aliphatic heterocycles. The summed E-state index contributed by atoms with van der Waals surface area (Å²) in [6.07, 6.45) is -1.11. The minimum Gasteiger partial charge on any atom is -0.388 e. The molecule has 0 aliphatic rings. The molecule has 0 aliphatic carbocycles. The van der Waals surface area contributed by atoms with Crippen LogP contribution in [0, 0.1) is 0 Å². The fourth-order valence-electron chi connectivity index (χ4n) is 2.39. The molecular weight excluding hydrogens is 322 g/mol. The summed E-state index contributed by atoms with van der Waals surface area (Å²) in [6.45, 7) is 0. The minimum absolute atomic E-state index is 0.169. The van der Waals surface area contributed by atoms with E-state index in [0.29, 0.717) is 27.8 Å². The molecule has 1 heterocycles. The highest BCUT2D eigenvalue weighted by Crippen LogP contribution is 2.19. The summed E-state index contributed by atoms with van der Waals surface area (Å²) in [5.74, 6) is -0.710. The average Bonchev–Trinajstić information content (AvgIpc) is 3.01. The molecule has 0 fully saturated rings. The molecule has 3 aromatic rings. The highest BCUT2D eigenvalue weighted by molar-refractivity contribution is 6.00. The van der Waals surface area contributed by atoms with E-state index in [-0.39, 0.29) is 6.42 Å². The summed E-state index contributed by atoms with van der Waals surface area (Å²) in [5, 5.41) is 17.2. The molecule has 0 spiro atoms. The maximum Gasteiger partial charge on any atom is 0.269 e. The molecule has 25 heavy (non-hydrogen) atoms. The number of aliphatic hydroxyl groups is 1. The predicted molar refractivity (Wildman–Crippen MR) is 92.1 cm³/mol. The van der Waals surface area contributed by atoms with Crippen molar-refractivity contribution in [1.29, 1.82) is 0 Å². The molecule has 1 aromatic heterocycles. The van der Waals surface area contributed by atoms with E-state index in [1.54, 1.807) is 42.5 Å². The number of nitrogens with one attached hydrogen (secondary N) is 3. The standard InChI is InChI=1S/C17H17N5O3/c18-16-12-8-11(6-7-13(12)19-21-16)17(25)22-20-15(24)9-14(23)10-4-2-1-3-5-10/h1-8,14,23H,9H2,(H,20,24)(H,22,25)(H3,18,19,21)/t14-/m1/s1. The predicted octanol–water partition coefficient (Wildman–Crippen LogP) is 1.03. The van der Waals surface area contributed by atoms with Crippen LogP contribution in [0.1, 0.15) is 28.4 Å². The number of hydrogen-bond acceptors (Lipinski definition) is 5. The van der Waals surface area contributed by atoms with Gasteiger partial charge in [-0.25, -0.2) is 0 Å². The number of rotatable bonds is 4. The molecule has 2 aromatic carbocycles. The maximum absolute atomic E-state index is 12.1. The number of benzene rings is 2. The summed E-state index contributed by atoms with van der Waals surface area (Å²) < 4.78 is 0. The number of carbonyl (C=O) groups excluding carboxylic acids is 2. The number of hydrazine groups is 1. The summed E-state index contributed by atoms with van der Waals surface area (Å²) >= 11 is 0. The van der Waals surface area contributed by atoms with Crippen molar-refractivity contribution in [2.24, 2.45) is 0 Å². The quantitative estimate of drug-likeness (QED) is 0.453. The van der Waals surface area contributed by atoms with Gasteiger partial charge in [0.25, 0.3) is 5.91 Å². The number of nitrogens with two attached hydrogens (primary N) is 1. The van der Waals surface area contributed by atoms with Crippen LogP contribution in [0.4, 0.5) is 5.82 Å². The lowest BCUT2D eigenvalue weighted by molar-refractivity contribution is -0.123. The van der Waals surface area contributed by atoms with Crippen molar-refractivity contribution < 1.29 is 14.7 Å². The van der Waals surface area contributed by atoms with Crippen LogP contribution in [0.2, 0.25) is 0 Å². The lowest BCUT2D eigenvalue weighted by Gasteiger charge is -2.12. The van der Waals surface area contributed by atoms with Crippen molar-refractivity contribution in [1.82, 2.24) is 21.0 Å². The summed E-state index contributed by atoms with van der Waals surface area (Å²) in [5.41, 5.74) is 12.0. The average molecular weight is 339 g/mol. The van der Waals surface area contributed by atoms with Gasteiger partial charge in [0.05, 0.1) is 18.0 Å². The van der Waals surface area contributed by atoms with Crippen molar-refractivity contribution in [2.75, 3.05) is 5.73 Å². The van der Waals surface area contributed by atoms with Crippen LogP contribution in [0.15, 0.2) is 48.5 Å². The van der Waals surface area contributed by atoms with Gasteiger partial charge in [0.1, 0.15) is 0 Å². The molecular formula is C17H17N5O3. The Hall–Kier alpha value is -3.39. The zero-order valence-electron chi connectivity index (χ0n) is 13.2. The Labute approximate surface area is 143 Å². The Morgan fingerprint density at radius 2 is 1.92 bits per heavy atom. The van der Waals surface area contributed by atoms with Gasteiger partial charge in [-0.15, -0.1) is 0 Å². The maximum atomic E-state index is 12.1. The van der Waals surface area contributed by atoms with Crippen LogP contribution in [0.3, 0.4) is 0 Å². The van der Waals surface area contributed by atoms with E-state index >= 15 is 0 Å². The summed E-state index contributed by atoms with van der Waals surface area (Å²) in [4.78, 5) is 24.0. The molecule has 6 N–H and O–H groups in total. The number of nitrogens with zero attached hydrogens (tertiary/aromatic N) is 1. The normalized spacial score (nSPS) is 11.9. The van der Waals surface area contributed by atoms with Gasteiger partial charge in [-0.3, -0.25) is 25.5 Å². The number of fused-ring (bicyclic) bond motifs is 1. The number of carbonyl (C=O) groups is 2. The van der Waals surface area contributed by atoms with Crippen LogP contribution in [-0.2, 0) is 4.79 Å². The van der Waals surface area contributed by atoms with Gasteiger partial charge in [-0.1, -0.05) is 30.3 Å². The van der Waals surface area contributed by atoms with Crippen LogP contribution in [-0.4, -0.2) is 27.1 Å². The molecule has 8 heteroatoms. The SMILES string of the molecule is Nc1n[nH]c2ccc(C(=O)NNC(=O)C[C@@H](O)c3ccccc3)cc12. The van der Waals surface area contributed by atoms with E-state index in [9.17, 15) is 14.7 Å². The van der Waals surface area contributed by atoms with E-state index < -0.39 is 17.9 Å². The molecule has 0 radical (unpaired) electrons. The third-order valence-electron chi connectivity index (χ3n) is 3.73. The highest BCUT2D eigenvalue weighted by Gasteiger charge is 2.14. The van der Waals surface area contributed by atoms with Gasteiger partial charge in [0.2, 0.25) is 5.91 Å². The van der Waals surface area contributed by atoms with E-state index in [4.69, 9.17) is 5.73 Å². The first-order valence-corrected chi connectivity index (χ1v) is 7.60. The second-order valence-corrected chi connectivity index (χ2v) is 5.50. The van der Waals surface area contributed by atoms with Gasteiger partial charge >= 0.3 is 0 Å². The van der Waals surface area contributed by atoms with E-state index in [1.807, 2.05) is 6.07 Å². The topological polar surface area (TPSA) is 133 Å². The first-order valence-electron chi connectivity index (χ1n) is 7.60. The monoisotopic (exact) mass is 339 g/mol. The van der Waals surface area contributed by atoms with Crippen LogP contribution in [0.25, 0.3) is 10.9 Å². The molecule has 3 rings (SSSR count). The van der Waals surface area contributed by atoms with Crippen molar-refractivity contribution in [2.45, 2.75) is 12.5 Å². The first kappa shape index (κ1) is 16.5. The van der Waals surface area contributed by atoms with E-state index in [1.165, 1.54) is 0 Å². The molecule has 0 saturated heterocycles. The van der Waals surface area contributed by atoms with Crippen molar-refractivity contribution in [3.05, 3.63) is 59.7 Å². The van der Waals surface area contributed by atoms with Gasteiger partial charge in [0, 0.05) is 10.9 Å². The number of nitrogen functional groups attached to an aromatic ring is 1. The molecule has 0 saturated carbocycles. The Morgan fingerprint density at radius 3 is 2.68 bits per heavy atom. The number of hydrogen-bond donors (Lipinski definition) is 5. The Bertz CT molecular complexity index is 907. The van der Waals surface area contributed by atoms with Crippen molar-refractivity contribution in [3.8, 4) is 0 Å². The lowest BCUT2D eigenvalue weighted by atomic mass is 10.1. The van der Waals surface area contributed by atoms with E-state index in [2.05, 4.69) is 21.0 Å². The zero-order valence-corrected chi connectivity index (χ0v) is 13.2. The van der Waals surface area contributed by atoms with E-state index in [0.717, 1.165) is 0 Å². The molecule has 2 amide bonds. The minimum atomic E-state index is -0.944. The number of amides is 2. The molecule has 1 atom stereocenters. The number of anilines is 1. The van der Waals surface area contributed by atoms with Gasteiger partial charge in [-0.05, 0) is 23.8 Å². The fraction of sp³-hybridized carbons (Fsp3) is 0.118. The molecule has 8 nitrogen and oxygen atoms in total. The third-order valence-corrected chi connectivity index (χ3v) is 3.73. The summed E-state index contributed by atoms with van der Waals surface area (Å²) in [6, 6.07) is 13.7. The zero-order chi connectivity index (χ0) is 17.8. The van der Waals surface area contributed by atoms with Crippen molar-refractivity contribution >= 4 is 28.5 Å². The fourth-order valence-corrected chi connectivity index (χ4v) is 2.39. The number of aromatic amines is 1. The number of aromatic nitrogens is 2. The van der Waals surface area contributed by atoms with Crippen LogP contribution in [0.5, 0.6) is 0 Å². The van der Waals surface area contributed by atoms with Gasteiger partial charge in [0.15, 0.2) is 5.82 Å². The van der Waals surface area contributed by atoms with Crippen LogP contribution >= 0.6 is 0 Å².